The second-order valence-corrected chi connectivity index (χ2v) is 7.26. The average Bonchev–Trinajstić information content (AvgIpc) is 2.84. The molecular weight excluding hydrogens is 302 g/mol. The van der Waals surface area contributed by atoms with Crippen molar-refractivity contribution in [2.75, 3.05) is 0 Å². The SMILES string of the molecule is CC(C)N(C(=O)c1ccccc1-c1ccc(Cl)s1)C(C)C. The van der Waals surface area contributed by atoms with Crippen LogP contribution >= 0.6 is 22.9 Å². The molecule has 21 heavy (non-hydrogen) atoms. The van der Waals surface area contributed by atoms with Gasteiger partial charge in [-0.15, -0.1) is 11.3 Å². The third-order valence-corrected chi connectivity index (χ3v) is 4.61. The van der Waals surface area contributed by atoms with Gasteiger partial charge in [0.15, 0.2) is 0 Å². The second-order valence-electron chi connectivity index (χ2n) is 5.55. The number of nitrogens with zero attached hydrogens (tertiary/aromatic N) is 1. The molecule has 0 unspecified atom stereocenters. The molecule has 1 aromatic carbocycles. The normalized spacial score (nSPS) is 11.2. The average molecular weight is 322 g/mol. The summed E-state index contributed by atoms with van der Waals surface area (Å²) in [7, 11) is 0. The quantitative estimate of drug-likeness (QED) is 0.745. The minimum Gasteiger partial charge on any atom is -0.334 e. The number of halogens is 1. The molecule has 0 N–H and O–H groups in total. The summed E-state index contributed by atoms with van der Waals surface area (Å²) in [6, 6.07) is 11.9. The predicted molar refractivity (Wildman–Crippen MR) is 91.2 cm³/mol. The van der Waals surface area contributed by atoms with Crippen LogP contribution in [0.4, 0.5) is 0 Å². The standard InChI is InChI=1S/C17H20ClNOS/c1-11(2)19(12(3)4)17(20)14-8-6-5-7-13(14)15-9-10-16(18)21-15/h5-12H,1-4H3. The van der Waals surface area contributed by atoms with E-state index < -0.39 is 0 Å². The van der Waals surface area contributed by atoms with Crippen molar-refractivity contribution in [3.63, 3.8) is 0 Å². The Morgan fingerprint density at radius 1 is 1.05 bits per heavy atom. The van der Waals surface area contributed by atoms with Gasteiger partial charge in [0.05, 0.1) is 4.34 Å². The minimum atomic E-state index is 0.0696. The topological polar surface area (TPSA) is 20.3 Å². The van der Waals surface area contributed by atoms with Gasteiger partial charge >= 0.3 is 0 Å². The monoisotopic (exact) mass is 321 g/mol. The fraction of sp³-hybridized carbons (Fsp3) is 0.353. The molecule has 0 radical (unpaired) electrons. The Morgan fingerprint density at radius 3 is 2.19 bits per heavy atom. The highest BCUT2D eigenvalue weighted by molar-refractivity contribution is 7.19. The number of hydrogen-bond donors (Lipinski definition) is 0. The molecule has 0 atom stereocenters. The van der Waals surface area contributed by atoms with E-state index in [1.807, 2.05) is 69.0 Å². The van der Waals surface area contributed by atoms with Crippen molar-refractivity contribution in [3.8, 4) is 10.4 Å². The summed E-state index contributed by atoms with van der Waals surface area (Å²) in [5.74, 6) is 0.0696. The number of carbonyl (C=O) groups is 1. The highest BCUT2D eigenvalue weighted by Gasteiger charge is 2.24. The number of benzene rings is 1. The summed E-state index contributed by atoms with van der Waals surface area (Å²) in [5, 5.41) is 0. The molecule has 0 bridgehead atoms. The molecule has 112 valence electrons. The Balaban J connectivity index is 2.47. The van der Waals surface area contributed by atoms with Crippen LogP contribution in [0.3, 0.4) is 0 Å². The van der Waals surface area contributed by atoms with Gasteiger partial charge in [-0.1, -0.05) is 29.8 Å². The van der Waals surface area contributed by atoms with Gasteiger partial charge in [-0.2, -0.15) is 0 Å². The van der Waals surface area contributed by atoms with Gasteiger partial charge in [0.2, 0.25) is 0 Å². The number of carbonyl (C=O) groups excluding carboxylic acids is 1. The summed E-state index contributed by atoms with van der Waals surface area (Å²) < 4.78 is 0.733. The molecule has 1 heterocycles. The third kappa shape index (κ3) is 3.47. The van der Waals surface area contributed by atoms with E-state index in [-0.39, 0.29) is 18.0 Å². The lowest BCUT2D eigenvalue weighted by Gasteiger charge is -2.31. The lowest BCUT2D eigenvalue weighted by molar-refractivity contribution is 0.0644. The maximum absolute atomic E-state index is 12.9. The summed E-state index contributed by atoms with van der Waals surface area (Å²) >= 11 is 7.52. The third-order valence-electron chi connectivity index (χ3n) is 3.34. The summed E-state index contributed by atoms with van der Waals surface area (Å²) in [6.45, 7) is 8.18. The number of amides is 1. The predicted octanol–water partition coefficient (Wildman–Crippen LogP) is 5.33. The van der Waals surface area contributed by atoms with Gasteiger partial charge in [-0.25, -0.2) is 0 Å². The molecule has 0 aliphatic heterocycles. The van der Waals surface area contributed by atoms with Crippen LogP contribution in [0.2, 0.25) is 4.34 Å². The molecule has 0 fully saturated rings. The molecule has 0 aliphatic carbocycles. The number of thiophene rings is 1. The van der Waals surface area contributed by atoms with Crippen LogP contribution in [-0.2, 0) is 0 Å². The Bertz CT molecular complexity index is 625. The van der Waals surface area contributed by atoms with E-state index in [9.17, 15) is 4.79 Å². The van der Waals surface area contributed by atoms with E-state index in [4.69, 9.17) is 11.6 Å². The molecule has 2 rings (SSSR count). The molecule has 2 aromatic rings. The van der Waals surface area contributed by atoms with Gasteiger partial charge in [-0.05, 0) is 45.9 Å². The number of rotatable bonds is 4. The van der Waals surface area contributed by atoms with Crippen LogP contribution in [0.5, 0.6) is 0 Å². The zero-order chi connectivity index (χ0) is 15.6. The van der Waals surface area contributed by atoms with Gasteiger partial charge in [0.25, 0.3) is 5.91 Å². The van der Waals surface area contributed by atoms with Crippen molar-refractivity contribution in [3.05, 3.63) is 46.3 Å². The Labute approximate surface area is 135 Å². The first-order chi connectivity index (χ1) is 9.91. The van der Waals surface area contributed by atoms with E-state index in [1.165, 1.54) is 11.3 Å². The van der Waals surface area contributed by atoms with Crippen LogP contribution < -0.4 is 0 Å². The van der Waals surface area contributed by atoms with Crippen molar-refractivity contribution in [2.24, 2.45) is 0 Å². The maximum atomic E-state index is 12.9. The minimum absolute atomic E-state index is 0.0696. The highest BCUT2D eigenvalue weighted by Crippen LogP contribution is 2.33. The first-order valence-corrected chi connectivity index (χ1v) is 8.28. The molecule has 2 nitrogen and oxygen atoms in total. The van der Waals surface area contributed by atoms with E-state index in [1.54, 1.807) is 0 Å². The summed E-state index contributed by atoms with van der Waals surface area (Å²) in [6.07, 6.45) is 0. The second kappa shape index (κ2) is 6.63. The van der Waals surface area contributed by atoms with Crippen molar-refractivity contribution in [2.45, 2.75) is 39.8 Å². The van der Waals surface area contributed by atoms with Crippen LogP contribution in [0.25, 0.3) is 10.4 Å². The molecule has 4 heteroatoms. The van der Waals surface area contributed by atoms with Crippen LogP contribution in [-0.4, -0.2) is 22.9 Å². The maximum Gasteiger partial charge on any atom is 0.254 e. The highest BCUT2D eigenvalue weighted by atomic mass is 35.5. The fourth-order valence-electron chi connectivity index (χ4n) is 2.55. The zero-order valence-electron chi connectivity index (χ0n) is 12.8. The largest absolute Gasteiger partial charge is 0.334 e. The molecular formula is C17H20ClNOS. The molecule has 0 saturated heterocycles. The lowest BCUT2D eigenvalue weighted by atomic mass is 10.0. The van der Waals surface area contributed by atoms with Crippen molar-refractivity contribution >= 4 is 28.8 Å². The molecule has 0 aliphatic rings. The molecule has 0 spiro atoms. The molecule has 0 saturated carbocycles. The molecule has 1 aromatic heterocycles. The van der Waals surface area contributed by atoms with E-state index >= 15 is 0 Å². The van der Waals surface area contributed by atoms with Gasteiger partial charge < -0.3 is 4.90 Å². The smallest absolute Gasteiger partial charge is 0.254 e. The van der Waals surface area contributed by atoms with E-state index in [2.05, 4.69) is 0 Å². The van der Waals surface area contributed by atoms with Crippen molar-refractivity contribution in [1.82, 2.24) is 4.90 Å². The van der Waals surface area contributed by atoms with Crippen molar-refractivity contribution < 1.29 is 4.79 Å². The Morgan fingerprint density at radius 2 is 1.67 bits per heavy atom. The zero-order valence-corrected chi connectivity index (χ0v) is 14.3. The Kier molecular flexibility index (Phi) is 5.07. The van der Waals surface area contributed by atoms with E-state index in [0.717, 1.165) is 20.3 Å². The summed E-state index contributed by atoms with van der Waals surface area (Å²) in [5.41, 5.74) is 1.68. The summed E-state index contributed by atoms with van der Waals surface area (Å²) in [4.78, 5) is 15.9. The van der Waals surface area contributed by atoms with Crippen LogP contribution in [0, 0.1) is 0 Å². The molecule has 1 amide bonds. The first-order valence-electron chi connectivity index (χ1n) is 7.09. The lowest BCUT2D eigenvalue weighted by Crippen LogP contribution is -2.42. The van der Waals surface area contributed by atoms with Crippen LogP contribution in [0.15, 0.2) is 36.4 Å². The van der Waals surface area contributed by atoms with Gasteiger partial charge in [0.1, 0.15) is 0 Å². The first kappa shape index (κ1) is 16.1. The van der Waals surface area contributed by atoms with Gasteiger partial charge in [-0.3, -0.25) is 4.79 Å². The Hall–Kier alpha value is -1.32. The van der Waals surface area contributed by atoms with Gasteiger partial charge in [0, 0.05) is 28.1 Å². The fourth-order valence-corrected chi connectivity index (χ4v) is 3.63. The van der Waals surface area contributed by atoms with Crippen molar-refractivity contribution in [1.29, 1.82) is 0 Å². The van der Waals surface area contributed by atoms with E-state index in [0.29, 0.717) is 0 Å². The van der Waals surface area contributed by atoms with Crippen LogP contribution in [0.1, 0.15) is 38.1 Å². The number of hydrogen-bond acceptors (Lipinski definition) is 2.